The molecule has 0 aliphatic heterocycles. The molecule has 0 aliphatic carbocycles. The second-order valence-corrected chi connectivity index (χ2v) is 5.68. The summed E-state index contributed by atoms with van der Waals surface area (Å²) >= 11 is 0. The van der Waals surface area contributed by atoms with E-state index in [-0.39, 0.29) is 6.04 Å². The number of anilines is 1. The minimum atomic E-state index is 0.0872. The maximum atomic E-state index is 5.83. The number of hydrogen-bond donors (Lipinski definition) is 1. The van der Waals surface area contributed by atoms with Crippen LogP contribution in [0.15, 0.2) is 36.5 Å². The first-order valence-corrected chi connectivity index (χ1v) is 7.10. The molecule has 2 heterocycles. The molecule has 0 saturated carbocycles. The number of benzene rings is 1. The van der Waals surface area contributed by atoms with E-state index >= 15 is 0 Å². The fraction of sp³-hybridized carbons (Fsp3) is 0.312. The summed E-state index contributed by atoms with van der Waals surface area (Å²) < 4.78 is 1.98. The van der Waals surface area contributed by atoms with Gasteiger partial charge in [-0.05, 0) is 42.2 Å². The number of rotatable bonds is 3. The molecule has 1 atom stereocenters. The van der Waals surface area contributed by atoms with E-state index in [9.17, 15) is 0 Å². The van der Waals surface area contributed by atoms with E-state index in [4.69, 9.17) is 5.73 Å². The summed E-state index contributed by atoms with van der Waals surface area (Å²) in [5.41, 5.74) is 9.86. The average molecular weight is 281 g/mol. The molecule has 0 spiro atoms. The van der Waals surface area contributed by atoms with Crippen molar-refractivity contribution in [2.75, 3.05) is 5.73 Å². The van der Waals surface area contributed by atoms with E-state index in [0.29, 0.717) is 11.7 Å². The maximum absolute atomic E-state index is 5.83. The lowest BCUT2D eigenvalue weighted by Crippen LogP contribution is -2.18. The van der Waals surface area contributed by atoms with Crippen LogP contribution in [0.3, 0.4) is 0 Å². The minimum absolute atomic E-state index is 0.0872. The van der Waals surface area contributed by atoms with E-state index in [0.717, 1.165) is 22.2 Å². The lowest BCUT2D eigenvalue weighted by atomic mass is 9.96. The number of nitrogens with zero attached hydrogens (tertiary/aromatic N) is 4. The average Bonchev–Trinajstić information content (AvgIpc) is 2.87. The fourth-order valence-electron chi connectivity index (χ4n) is 2.67. The van der Waals surface area contributed by atoms with Crippen LogP contribution in [0.1, 0.15) is 31.0 Å². The fourth-order valence-corrected chi connectivity index (χ4v) is 2.67. The Labute approximate surface area is 123 Å². The van der Waals surface area contributed by atoms with E-state index < -0.39 is 0 Å². The topological polar surface area (TPSA) is 69.6 Å². The number of aryl methyl sites for hydroxylation is 1. The summed E-state index contributed by atoms with van der Waals surface area (Å²) in [6.45, 7) is 6.32. The minimum Gasteiger partial charge on any atom is -0.383 e. The molecule has 1 unspecified atom stereocenters. The van der Waals surface area contributed by atoms with Gasteiger partial charge in [-0.25, -0.2) is 9.67 Å². The number of aromatic nitrogens is 4. The van der Waals surface area contributed by atoms with Crippen molar-refractivity contribution in [3.63, 3.8) is 0 Å². The van der Waals surface area contributed by atoms with Crippen LogP contribution in [0, 0.1) is 12.8 Å². The quantitative estimate of drug-likeness (QED) is 0.801. The van der Waals surface area contributed by atoms with Crippen LogP contribution in [0.2, 0.25) is 0 Å². The number of para-hydroxylation sites is 1. The van der Waals surface area contributed by atoms with Crippen molar-refractivity contribution in [2.45, 2.75) is 26.8 Å². The molecule has 3 rings (SSSR count). The van der Waals surface area contributed by atoms with Crippen molar-refractivity contribution in [1.29, 1.82) is 0 Å². The van der Waals surface area contributed by atoms with Crippen LogP contribution in [-0.4, -0.2) is 20.0 Å². The Bertz CT molecular complexity index is 775. The van der Waals surface area contributed by atoms with Gasteiger partial charge in [0.05, 0.1) is 11.6 Å². The highest BCUT2D eigenvalue weighted by molar-refractivity contribution is 5.74. The number of hydrogen-bond acceptors (Lipinski definition) is 4. The highest BCUT2D eigenvalue weighted by atomic mass is 15.4. The number of pyridine rings is 1. The normalized spacial score (nSPS) is 13.0. The zero-order chi connectivity index (χ0) is 15.0. The third kappa shape index (κ3) is 2.35. The Morgan fingerprint density at radius 1 is 1.19 bits per heavy atom. The second-order valence-electron chi connectivity index (χ2n) is 5.68. The Morgan fingerprint density at radius 2 is 1.95 bits per heavy atom. The zero-order valence-electron chi connectivity index (χ0n) is 12.5. The molecule has 21 heavy (non-hydrogen) atoms. The molecular weight excluding hydrogens is 262 g/mol. The van der Waals surface area contributed by atoms with Gasteiger partial charge in [0.2, 0.25) is 0 Å². The number of nitrogen functional groups attached to an aromatic ring is 1. The van der Waals surface area contributed by atoms with Gasteiger partial charge in [-0.1, -0.05) is 31.2 Å². The highest BCUT2D eigenvalue weighted by Crippen LogP contribution is 2.29. The summed E-state index contributed by atoms with van der Waals surface area (Å²) in [5.74, 6) is 0.935. The Kier molecular flexibility index (Phi) is 3.33. The van der Waals surface area contributed by atoms with Gasteiger partial charge < -0.3 is 5.73 Å². The predicted octanol–water partition coefficient (Wildman–Crippen LogP) is 2.96. The monoisotopic (exact) mass is 281 g/mol. The second kappa shape index (κ2) is 5.16. The molecule has 0 bridgehead atoms. The Morgan fingerprint density at radius 3 is 2.67 bits per heavy atom. The molecule has 0 aliphatic rings. The number of nitrogens with two attached hydrogens (primary N) is 1. The highest BCUT2D eigenvalue weighted by Gasteiger charge is 2.22. The SMILES string of the molecule is Cc1cc(C(C(C)C)n2nnc3ccccc32)cnc1N. The molecule has 5 heteroatoms. The summed E-state index contributed by atoms with van der Waals surface area (Å²) in [6.07, 6.45) is 1.84. The van der Waals surface area contributed by atoms with Crippen molar-refractivity contribution < 1.29 is 0 Å². The van der Waals surface area contributed by atoms with Crippen LogP contribution in [0.4, 0.5) is 5.82 Å². The van der Waals surface area contributed by atoms with Crippen molar-refractivity contribution >= 4 is 16.9 Å². The van der Waals surface area contributed by atoms with Crippen LogP contribution in [-0.2, 0) is 0 Å². The molecule has 108 valence electrons. The first kappa shape index (κ1) is 13.5. The van der Waals surface area contributed by atoms with Crippen LogP contribution in [0.25, 0.3) is 11.0 Å². The lowest BCUT2D eigenvalue weighted by molar-refractivity contribution is 0.403. The maximum Gasteiger partial charge on any atom is 0.126 e. The van der Waals surface area contributed by atoms with Crippen molar-refractivity contribution in [3.8, 4) is 0 Å². The van der Waals surface area contributed by atoms with E-state index in [1.54, 1.807) is 0 Å². The summed E-state index contributed by atoms with van der Waals surface area (Å²) in [7, 11) is 0. The molecule has 2 N–H and O–H groups in total. The van der Waals surface area contributed by atoms with Gasteiger partial charge in [0.25, 0.3) is 0 Å². The summed E-state index contributed by atoms with van der Waals surface area (Å²) in [4.78, 5) is 4.29. The molecule has 0 fully saturated rings. The molecule has 0 amide bonds. The van der Waals surface area contributed by atoms with Gasteiger partial charge in [-0.15, -0.1) is 5.10 Å². The molecular formula is C16H19N5. The van der Waals surface area contributed by atoms with E-state index in [2.05, 4.69) is 35.2 Å². The van der Waals surface area contributed by atoms with Gasteiger partial charge in [0, 0.05) is 6.20 Å². The van der Waals surface area contributed by atoms with Gasteiger partial charge >= 0.3 is 0 Å². The Hall–Kier alpha value is -2.43. The van der Waals surface area contributed by atoms with E-state index in [1.165, 1.54) is 0 Å². The molecule has 5 nitrogen and oxygen atoms in total. The lowest BCUT2D eigenvalue weighted by Gasteiger charge is -2.22. The van der Waals surface area contributed by atoms with Crippen molar-refractivity contribution in [3.05, 3.63) is 47.7 Å². The van der Waals surface area contributed by atoms with Crippen molar-refractivity contribution in [2.24, 2.45) is 5.92 Å². The molecule has 2 aromatic heterocycles. The standard InChI is InChI=1S/C16H19N5/c1-10(2)15(12-8-11(3)16(17)18-9-12)21-14-7-5-4-6-13(14)19-20-21/h4-10,15H,1-3H3,(H2,17,18). The summed E-state index contributed by atoms with van der Waals surface area (Å²) in [5, 5.41) is 8.61. The molecule has 3 aromatic rings. The van der Waals surface area contributed by atoms with E-state index in [1.807, 2.05) is 42.1 Å². The molecule has 0 saturated heterocycles. The molecule has 1 aromatic carbocycles. The van der Waals surface area contributed by atoms with Gasteiger partial charge in [0.1, 0.15) is 11.3 Å². The number of fused-ring (bicyclic) bond motifs is 1. The summed E-state index contributed by atoms with van der Waals surface area (Å²) in [6, 6.07) is 10.2. The largest absolute Gasteiger partial charge is 0.383 e. The van der Waals surface area contributed by atoms with Crippen LogP contribution >= 0.6 is 0 Å². The zero-order valence-corrected chi connectivity index (χ0v) is 12.5. The predicted molar refractivity (Wildman–Crippen MR) is 83.9 cm³/mol. The van der Waals surface area contributed by atoms with Crippen LogP contribution in [0.5, 0.6) is 0 Å². The first-order valence-electron chi connectivity index (χ1n) is 7.10. The van der Waals surface area contributed by atoms with Gasteiger partial charge in [-0.2, -0.15) is 0 Å². The first-order chi connectivity index (χ1) is 10.1. The van der Waals surface area contributed by atoms with Gasteiger partial charge in [0.15, 0.2) is 0 Å². The van der Waals surface area contributed by atoms with Crippen molar-refractivity contribution in [1.82, 2.24) is 20.0 Å². The Balaban J connectivity index is 2.16. The van der Waals surface area contributed by atoms with Gasteiger partial charge in [-0.3, -0.25) is 0 Å². The van der Waals surface area contributed by atoms with Crippen LogP contribution < -0.4 is 5.73 Å². The third-order valence-electron chi connectivity index (χ3n) is 3.75. The third-order valence-corrected chi connectivity index (χ3v) is 3.75. The smallest absolute Gasteiger partial charge is 0.126 e. The molecule has 0 radical (unpaired) electrons.